The number of sulfonamides is 1. The molecule has 28 heavy (non-hydrogen) atoms. The van der Waals surface area contributed by atoms with Crippen LogP contribution in [0.25, 0.3) is 0 Å². The predicted octanol–water partition coefficient (Wildman–Crippen LogP) is 2.77. The van der Waals surface area contributed by atoms with Crippen molar-refractivity contribution in [2.24, 2.45) is 0 Å². The Labute approximate surface area is 164 Å². The molecule has 3 rings (SSSR count). The Morgan fingerprint density at radius 3 is 2.57 bits per heavy atom. The van der Waals surface area contributed by atoms with Crippen molar-refractivity contribution < 1.29 is 18.4 Å². The van der Waals surface area contributed by atoms with E-state index in [1.165, 1.54) is 16.4 Å². The van der Waals surface area contributed by atoms with E-state index < -0.39 is 14.9 Å². The number of nitro benzene ring substituents is 1. The Hall–Kier alpha value is -2.65. The van der Waals surface area contributed by atoms with Gasteiger partial charge >= 0.3 is 0 Å². The van der Waals surface area contributed by atoms with Gasteiger partial charge in [-0.05, 0) is 44.0 Å². The molecule has 0 saturated carbocycles. The van der Waals surface area contributed by atoms with Crippen molar-refractivity contribution in [2.75, 3.05) is 28.9 Å². The Morgan fingerprint density at radius 1 is 1.25 bits per heavy atom. The Balaban J connectivity index is 2.05. The van der Waals surface area contributed by atoms with E-state index in [1.54, 1.807) is 42.2 Å². The third-order valence-electron chi connectivity index (χ3n) is 4.96. The smallest absolute Gasteiger partial charge is 0.293 e. The van der Waals surface area contributed by atoms with Crippen molar-refractivity contribution in [3.8, 4) is 0 Å². The summed E-state index contributed by atoms with van der Waals surface area (Å²) in [5.74, 6) is 0. The molecule has 1 atom stereocenters. The van der Waals surface area contributed by atoms with Gasteiger partial charge in [0.15, 0.2) is 0 Å². The lowest BCUT2D eigenvalue weighted by Crippen LogP contribution is -2.33. The van der Waals surface area contributed by atoms with Crippen LogP contribution in [0.1, 0.15) is 19.8 Å². The first-order chi connectivity index (χ1) is 13.4. The summed E-state index contributed by atoms with van der Waals surface area (Å²) < 4.78 is 27.5. The van der Waals surface area contributed by atoms with Gasteiger partial charge in [0.05, 0.1) is 28.2 Å². The van der Waals surface area contributed by atoms with E-state index in [9.17, 15) is 23.6 Å². The molecule has 0 spiro atoms. The van der Waals surface area contributed by atoms with E-state index in [4.69, 9.17) is 0 Å². The highest BCUT2D eigenvalue weighted by atomic mass is 32.2. The summed E-state index contributed by atoms with van der Waals surface area (Å²) in [6.07, 6.45) is 1.56. The zero-order chi connectivity index (χ0) is 20.3. The molecule has 9 heteroatoms. The molecule has 1 fully saturated rings. The molecule has 0 amide bonds. The summed E-state index contributed by atoms with van der Waals surface area (Å²) in [5, 5.41) is 21.2. The van der Waals surface area contributed by atoms with Crippen molar-refractivity contribution in [2.45, 2.75) is 30.7 Å². The van der Waals surface area contributed by atoms with Gasteiger partial charge in [-0.15, -0.1) is 0 Å². The molecule has 8 nitrogen and oxygen atoms in total. The number of aliphatic hydroxyl groups is 1. The lowest BCUT2D eigenvalue weighted by atomic mass is 10.2. The van der Waals surface area contributed by atoms with Gasteiger partial charge in [0.1, 0.15) is 5.69 Å². The summed E-state index contributed by atoms with van der Waals surface area (Å²) in [7, 11) is -3.96. The van der Waals surface area contributed by atoms with Crippen molar-refractivity contribution in [1.29, 1.82) is 0 Å². The maximum Gasteiger partial charge on any atom is 0.293 e. The molecule has 1 aliphatic heterocycles. The molecule has 0 aliphatic carbocycles. The number of hydrogen-bond acceptors (Lipinski definition) is 6. The number of nitrogens with zero attached hydrogens (tertiary/aromatic N) is 3. The third-order valence-corrected chi connectivity index (χ3v) is 6.86. The fourth-order valence-electron chi connectivity index (χ4n) is 3.61. The monoisotopic (exact) mass is 405 g/mol. The van der Waals surface area contributed by atoms with Crippen molar-refractivity contribution in [3.05, 3.63) is 58.6 Å². The molecular formula is C19H23N3O5S. The van der Waals surface area contributed by atoms with E-state index >= 15 is 0 Å². The topological polar surface area (TPSA) is 104 Å². The molecule has 0 aromatic heterocycles. The number of nitro groups is 1. The zero-order valence-corrected chi connectivity index (χ0v) is 16.4. The average molecular weight is 405 g/mol. The number of hydrogen-bond donors (Lipinski definition) is 1. The van der Waals surface area contributed by atoms with Crippen LogP contribution in [0.4, 0.5) is 17.1 Å². The van der Waals surface area contributed by atoms with E-state index in [1.807, 2.05) is 0 Å². The SMILES string of the molecule is CCN(c1ccccc1)S(=O)(=O)c1ccc(N2CCC[C@@H]2CO)c([N+](=O)[O-])c1. The molecule has 1 aliphatic rings. The minimum absolute atomic E-state index is 0.102. The minimum Gasteiger partial charge on any atom is -0.394 e. The number of benzene rings is 2. The molecular weight excluding hydrogens is 382 g/mol. The fraction of sp³-hybridized carbons (Fsp3) is 0.368. The second kappa shape index (κ2) is 8.15. The van der Waals surface area contributed by atoms with Gasteiger partial charge in [0.25, 0.3) is 15.7 Å². The zero-order valence-electron chi connectivity index (χ0n) is 15.6. The van der Waals surface area contributed by atoms with Crippen LogP contribution < -0.4 is 9.21 Å². The van der Waals surface area contributed by atoms with Crippen LogP contribution in [-0.4, -0.2) is 44.2 Å². The van der Waals surface area contributed by atoms with Crippen LogP contribution in [0.3, 0.4) is 0 Å². The fourth-order valence-corrected chi connectivity index (χ4v) is 5.10. The standard InChI is InChI=1S/C19H23N3O5S/c1-2-21(15-7-4-3-5-8-15)28(26,27)17-10-11-18(19(13-17)22(24)25)20-12-6-9-16(20)14-23/h3-5,7-8,10-11,13,16,23H,2,6,9,12,14H2,1H3/t16-/m1/s1. The molecule has 1 saturated heterocycles. The second-order valence-corrected chi connectivity index (χ2v) is 8.45. The molecule has 2 aromatic rings. The Bertz CT molecular complexity index is 949. The van der Waals surface area contributed by atoms with Crippen LogP contribution in [0.15, 0.2) is 53.4 Å². The highest BCUT2D eigenvalue weighted by Crippen LogP contribution is 2.36. The number of anilines is 2. The normalized spacial score (nSPS) is 16.9. The molecule has 2 aromatic carbocycles. The van der Waals surface area contributed by atoms with E-state index in [2.05, 4.69) is 0 Å². The molecule has 0 unspecified atom stereocenters. The van der Waals surface area contributed by atoms with Crippen molar-refractivity contribution in [1.82, 2.24) is 0 Å². The quantitative estimate of drug-likeness (QED) is 0.561. The van der Waals surface area contributed by atoms with Crippen LogP contribution in [-0.2, 0) is 10.0 Å². The Morgan fingerprint density at radius 2 is 1.96 bits per heavy atom. The lowest BCUT2D eigenvalue weighted by molar-refractivity contribution is -0.384. The van der Waals surface area contributed by atoms with Crippen molar-refractivity contribution in [3.63, 3.8) is 0 Å². The van der Waals surface area contributed by atoms with Gasteiger partial charge in [-0.1, -0.05) is 18.2 Å². The first kappa shape index (κ1) is 20.1. The first-order valence-corrected chi connectivity index (χ1v) is 10.6. The van der Waals surface area contributed by atoms with E-state index in [0.29, 0.717) is 17.9 Å². The summed E-state index contributed by atoms with van der Waals surface area (Å²) in [6.45, 7) is 2.39. The average Bonchev–Trinajstić information content (AvgIpc) is 3.17. The van der Waals surface area contributed by atoms with E-state index in [-0.39, 0.29) is 29.8 Å². The third kappa shape index (κ3) is 3.67. The van der Waals surface area contributed by atoms with Crippen molar-refractivity contribution >= 4 is 27.1 Å². The van der Waals surface area contributed by atoms with Gasteiger partial charge in [-0.25, -0.2) is 8.42 Å². The van der Waals surface area contributed by atoms with Gasteiger partial charge in [0.2, 0.25) is 0 Å². The molecule has 0 radical (unpaired) electrons. The van der Waals surface area contributed by atoms with Gasteiger partial charge < -0.3 is 10.0 Å². The Kier molecular flexibility index (Phi) is 5.85. The summed E-state index contributed by atoms with van der Waals surface area (Å²) in [5.41, 5.74) is 0.561. The van der Waals surface area contributed by atoms with Crippen LogP contribution in [0, 0.1) is 10.1 Å². The minimum atomic E-state index is -3.96. The van der Waals surface area contributed by atoms with Crippen LogP contribution in [0.5, 0.6) is 0 Å². The molecule has 150 valence electrons. The highest BCUT2D eigenvalue weighted by Gasteiger charge is 2.32. The maximum atomic E-state index is 13.1. The summed E-state index contributed by atoms with van der Waals surface area (Å²) in [4.78, 5) is 12.8. The lowest BCUT2D eigenvalue weighted by Gasteiger charge is -2.26. The first-order valence-electron chi connectivity index (χ1n) is 9.14. The largest absolute Gasteiger partial charge is 0.394 e. The second-order valence-electron chi connectivity index (χ2n) is 6.58. The van der Waals surface area contributed by atoms with Gasteiger partial charge in [-0.2, -0.15) is 0 Å². The molecule has 1 heterocycles. The molecule has 0 bridgehead atoms. The highest BCUT2D eigenvalue weighted by molar-refractivity contribution is 7.92. The van der Waals surface area contributed by atoms with E-state index in [0.717, 1.165) is 18.9 Å². The summed E-state index contributed by atoms with van der Waals surface area (Å²) in [6, 6.07) is 12.4. The van der Waals surface area contributed by atoms with Gasteiger partial charge in [-0.3, -0.25) is 14.4 Å². The maximum absolute atomic E-state index is 13.1. The van der Waals surface area contributed by atoms with Crippen LogP contribution >= 0.6 is 0 Å². The number of aliphatic hydroxyl groups excluding tert-OH is 1. The number of rotatable bonds is 7. The van der Waals surface area contributed by atoms with Crippen LogP contribution in [0.2, 0.25) is 0 Å². The number of para-hydroxylation sites is 1. The van der Waals surface area contributed by atoms with Gasteiger partial charge in [0, 0.05) is 19.2 Å². The summed E-state index contributed by atoms with van der Waals surface area (Å²) >= 11 is 0. The molecule has 1 N–H and O–H groups in total. The predicted molar refractivity (Wildman–Crippen MR) is 107 cm³/mol.